The van der Waals surface area contributed by atoms with Gasteiger partial charge in [-0.2, -0.15) is 0 Å². The topological polar surface area (TPSA) is 76.1 Å². The fraction of sp³-hybridized carbons (Fsp3) is 0.267. The van der Waals surface area contributed by atoms with E-state index in [1.54, 1.807) is 7.11 Å². The third-order valence-corrected chi connectivity index (χ3v) is 2.98. The van der Waals surface area contributed by atoms with Crippen molar-refractivity contribution in [3.8, 4) is 5.88 Å². The van der Waals surface area contributed by atoms with E-state index in [-0.39, 0.29) is 12.5 Å². The first-order valence-electron chi connectivity index (χ1n) is 6.61. The molecule has 1 aromatic heterocycles. The Hall–Kier alpha value is -2.63. The van der Waals surface area contributed by atoms with Crippen LogP contribution in [-0.4, -0.2) is 29.5 Å². The van der Waals surface area contributed by atoms with Crippen LogP contribution in [0.2, 0.25) is 0 Å². The molecule has 6 nitrogen and oxygen atoms in total. The van der Waals surface area contributed by atoms with Gasteiger partial charge in [0.25, 0.3) is 0 Å². The van der Waals surface area contributed by atoms with Crippen LogP contribution in [-0.2, 0) is 11.3 Å². The van der Waals surface area contributed by atoms with Crippen molar-refractivity contribution in [2.45, 2.75) is 13.5 Å². The second-order valence-electron chi connectivity index (χ2n) is 4.47. The number of hydrogen-bond acceptors (Lipinski definition) is 5. The number of hydrogen-bond donors (Lipinski definition) is 2. The number of benzene rings is 1. The minimum Gasteiger partial charge on any atom is -0.481 e. The predicted molar refractivity (Wildman–Crippen MR) is 80.1 cm³/mol. The maximum absolute atomic E-state index is 11.8. The second-order valence-corrected chi connectivity index (χ2v) is 4.47. The normalized spacial score (nSPS) is 10.0. The molecule has 1 aromatic carbocycles. The van der Waals surface area contributed by atoms with Gasteiger partial charge in [0, 0.05) is 6.54 Å². The molecule has 0 unspecified atom stereocenters. The van der Waals surface area contributed by atoms with Gasteiger partial charge in [0.2, 0.25) is 11.8 Å². The molecule has 1 heterocycles. The monoisotopic (exact) mass is 286 g/mol. The lowest BCUT2D eigenvalue weighted by atomic mass is 10.2. The third kappa shape index (κ3) is 4.17. The number of nitrogens with one attached hydrogen (secondary N) is 2. The van der Waals surface area contributed by atoms with Crippen LogP contribution in [0.5, 0.6) is 5.88 Å². The first-order valence-corrected chi connectivity index (χ1v) is 6.61. The SMILES string of the molecule is COc1ncnc(NCC(=O)NCc2ccccc2)c1C. The molecule has 6 heteroatoms. The van der Waals surface area contributed by atoms with E-state index in [1.807, 2.05) is 37.3 Å². The van der Waals surface area contributed by atoms with Gasteiger partial charge in [-0.25, -0.2) is 9.97 Å². The van der Waals surface area contributed by atoms with Crippen LogP contribution in [0.1, 0.15) is 11.1 Å². The zero-order valence-electron chi connectivity index (χ0n) is 12.1. The zero-order valence-corrected chi connectivity index (χ0v) is 12.1. The number of nitrogens with zero attached hydrogens (tertiary/aromatic N) is 2. The number of methoxy groups -OCH3 is 1. The van der Waals surface area contributed by atoms with Gasteiger partial charge in [-0.05, 0) is 12.5 Å². The van der Waals surface area contributed by atoms with Gasteiger partial charge in [0.15, 0.2) is 0 Å². The highest BCUT2D eigenvalue weighted by Gasteiger charge is 2.08. The molecular weight excluding hydrogens is 268 g/mol. The van der Waals surface area contributed by atoms with E-state index < -0.39 is 0 Å². The molecule has 0 saturated heterocycles. The lowest BCUT2D eigenvalue weighted by Gasteiger charge is -2.10. The Labute approximate surface area is 123 Å². The van der Waals surface area contributed by atoms with Gasteiger partial charge in [-0.1, -0.05) is 30.3 Å². The first-order chi connectivity index (χ1) is 10.2. The molecule has 2 aromatic rings. The number of amides is 1. The van der Waals surface area contributed by atoms with E-state index in [9.17, 15) is 4.79 Å². The summed E-state index contributed by atoms with van der Waals surface area (Å²) < 4.78 is 5.11. The van der Waals surface area contributed by atoms with Crippen molar-refractivity contribution in [1.82, 2.24) is 15.3 Å². The summed E-state index contributed by atoms with van der Waals surface area (Å²) in [6.07, 6.45) is 1.40. The van der Waals surface area contributed by atoms with Crippen LogP contribution >= 0.6 is 0 Å². The summed E-state index contributed by atoms with van der Waals surface area (Å²) in [5.41, 5.74) is 1.83. The van der Waals surface area contributed by atoms with Gasteiger partial charge in [-0.15, -0.1) is 0 Å². The summed E-state index contributed by atoms with van der Waals surface area (Å²) in [6, 6.07) is 9.75. The van der Waals surface area contributed by atoms with Crippen molar-refractivity contribution >= 4 is 11.7 Å². The van der Waals surface area contributed by atoms with E-state index in [1.165, 1.54) is 6.33 Å². The summed E-state index contributed by atoms with van der Waals surface area (Å²) in [5.74, 6) is 0.990. The number of carbonyl (C=O) groups is 1. The Morgan fingerprint density at radius 2 is 2.00 bits per heavy atom. The Bertz CT molecular complexity index is 602. The largest absolute Gasteiger partial charge is 0.481 e. The van der Waals surface area contributed by atoms with E-state index in [2.05, 4.69) is 20.6 Å². The van der Waals surface area contributed by atoms with E-state index in [4.69, 9.17) is 4.74 Å². The molecule has 21 heavy (non-hydrogen) atoms. The molecule has 2 rings (SSSR count). The third-order valence-electron chi connectivity index (χ3n) is 2.98. The highest BCUT2D eigenvalue weighted by atomic mass is 16.5. The smallest absolute Gasteiger partial charge is 0.239 e. The van der Waals surface area contributed by atoms with Gasteiger partial charge >= 0.3 is 0 Å². The number of rotatable bonds is 6. The molecule has 0 fully saturated rings. The first kappa shape index (κ1) is 14.8. The van der Waals surface area contributed by atoms with E-state index in [0.717, 1.165) is 11.1 Å². The highest BCUT2D eigenvalue weighted by Crippen LogP contribution is 2.19. The van der Waals surface area contributed by atoms with Crippen molar-refractivity contribution in [2.75, 3.05) is 19.0 Å². The van der Waals surface area contributed by atoms with Crippen molar-refractivity contribution in [1.29, 1.82) is 0 Å². The van der Waals surface area contributed by atoms with Crippen LogP contribution in [0.3, 0.4) is 0 Å². The second kappa shape index (κ2) is 7.23. The van der Waals surface area contributed by atoms with Crippen molar-refractivity contribution in [3.05, 3.63) is 47.8 Å². The van der Waals surface area contributed by atoms with Crippen molar-refractivity contribution in [2.24, 2.45) is 0 Å². The van der Waals surface area contributed by atoms with Crippen LogP contribution < -0.4 is 15.4 Å². The van der Waals surface area contributed by atoms with Crippen LogP contribution in [0.15, 0.2) is 36.7 Å². The predicted octanol–water partition coefficient (Wildman–Crippen LogP) is 1.52. The van der Waals surface area contributed by atoms with Gasteiger partial charge in [0.05, 0.1) is 19.2 Å². The summed E-state index contributed by atoms with van der Waals surface area (Å²) in [6.45, 7) is 2.49. The molecule has 0 bridgehead atoms. The number of anilines is 1. The maximum Gasteiger partial charge on any atom is 0.239 e. The number of carbonyl (C=O) groups excluding carboxylic acids is 1. The van der Waals surface area contributed by atoms with Crippen LogP contribution in [0, 0.1) is 6.92 Å². The summed E-state index contributed by atoms with van der Waals surface area (Å²) >= 11 is 0. The molecular formula is C15H18N4O2. The standard InChI is InChI=1S/C15H18N4O2/c1-11-14(18-10-19-15(11)21-2)17-9-13(20)16-8-12-6-4-3-5-7-12/h3-7,10H,8-9H2,1-2H3,(H,16,20)(H,17,18,19). The molecule has 0 radical (unpaired) electrons. The molecule has 0 aliphatic heterocycles. The Morgan fingerprint density at radius 1 is 1.24 bits per heavy atom. The zero-order chi connectivity index (χ0) is 15.1. The quantitative estimate of drug-likeness (QED) is 0.842. The lowest BCUT2D eigenvalue weighted by Crippen LogP contribution is -2.29. The fourth-order valence-electron chi connectivity index (χ4n) is 1.84. The average Bonchev–Trinajstić information content (AvgIpc) is 2.53. The number of ether oxygens (including phenoxy) is 1. The molecule has 2 N–H and O–H groups in total. The average molecular weight is 286 g/mol. The minimum atomic E-state index is -0.101. The molecule has 0 spiro atoms. The van der Waals surface area contributed by atoms with Crippen molar-refractivity contribution < 1.29 is 9.53 Å². The summed E-state index contributed by atoms with van der Waals surface area (Å²) in [5, 5.41) is 5.82. The molecule has 0 aliphatic carbocycles. The van der Waals surface area contributed by atoms with Crippen molar-refractivity contribution in [3.63, 3.8) is 0 Å². The molecule has 0 saturated carbocycles. The van der Waals surface area contributed by atoms with E-state index in [0.29, 0.717) is 18.2 Å². The lowest BCUT2D eigenvalue weighted by molar-refractivity contribution is -0.119. The van der Waals surface area contributed by atoms with E-state index >= 15 is 0 Å². The van der Waals surface area contributed by atoms with Gasteiger partial charge in [-0.3, -0.25) is 4.79 Å². The minimum absolute atomic E-state index is 0.101. The molecule has 0 atom stereocenters. The fourth-order valence-corrected chi connectivity index (χ4v) is 1.84. The van der Waals surface area contributed by atoms with Gasteiger partial charge in [0.1, 0.15) is 12.1 Å². The molecule has 0 aliphatic rings. The summed E-state index contributed by atoms with van der Waals surface area (Å²) in [7, 11) is 1.55. The Kier molecular flexibility index (Phi) is 5.09. The van der Waals surface area contributed by atoms with Crippen LogP contribution in [0.4, 0.5) is 5.82 Å². The number of aromatic nitrogens is 2. The molecule has 110 valence electrons. The van der Waals surface area contributed by atoms with Crippen LogP contribution in [0.25, 0.3) is 0 Å². The molecule has 1 amide bonds. The van der Waals surface area contributed by atoms with Gasteiger partial charge < -0.3 is 15.4 Å². The Morgan fingerprint density at radius 3 is 2.71 bits per heavy atom. The Balaban J connectivity index is 1.84. The summed E-state index contributed by atoms with van der Waals surface area (Å²) in [4.78, 5) is 19.9. The highest BCUT2D eigenvalue weighted by molar-refractivity contribution is 5.80. The maximum atomic E-state index is 11.8.